The average Bonchev–Trinajstić information content (AvgIpc) is 2.78. The molecule has 0 saturated heterocycles. The number of carbonyl (C=O) groups excluding carboxylic acids is 2. The van der Waals surface area contributed by atoms with Gasteiger partial charge >= 0.3 is 0 Å². The summed E-state index contributed by atoms with van der Waals surface area (Å²) in [6.45, 7) is 2.03. The fraction of sp³-hybridized carbons (Fsp3) is 0.200. The monoisotopic (exact) mass is 386 g/mol. The zero-order chi connectivity index (χ0) is 20.5. The standard InChI is InChI=1S/C25H26N2O2/c1-2-19-13-15-22(16-14-19)27-25(29)18-26-24(28)17-23(20-9-5-3-6-10-20)21-11-7-4-8-12-21/h3-16,23H,2,17-18H2,1H3,(H,26,28)(H,27,29). The first-order chi connectivity index (χ1) is 14.2. The van der Waals surface area contributed by atoms with Crippen LogP contribution in [0.25, 0.3) is 0 Å². The highest BCUT2D eigenvalue weighted by Crippen LogP contribution is 2.27. The highest BCUT2D eigenvalue weighted by molar-refractivity contribution is 5.94. The summed E-state index contributed by atoms with van der Waals surface area (Å²) in [5.74, 6) is -0.445. The van der Waals surface area contributed by atoms with Gasteiger partial charge in [-0.2, -0.15) is 0 Å². The van der Waals surface area contributed by atoms with E-state index in [1.54, 1.807) is 0 Å². The lowest BCUT2D eigenvalue weighted by Crippen LogP contribution is -2.33. The van der Waals surface area contributed by atoms with Crippen LogP contribution in [0.3, 0.4) is 0 Å². The maximum absolute atomic E-state index is 12.5. The normalized spacial score (nSPS) is 10.6. The van der Waals surface area contributed by atoms with Crippen molar-refractivity contribution in [1.29, 1.82) is 0 Å². The van der Waals surface area contributed by atoms with Gasteiger partial charge < -0.3 is 10.6 Å². The molecule has 29 heavy (non-hydrogen) atoms. The summed E-state index contributed by atoms with van der Waals surface area (Å²) in [5.41, 5.74) is 4.10. The molecule has 0 aromatic heterocycles. The number of anilines is 1. The highest BCUT2D eigenvalue weighted by atomic mass is 16.2. The van der Waals surface area contributed by atoms with E-state index in [0.29, 0.717) is 0 Å². The molecule has 3 aromatic carbocycles. The molecule has 0 aliphatic rings. The minimum atomic E-state index is -0.237. The summed E-state index contributed by atoms with van der Waals surface area (Å²) in [6.07, 6.45) is 1.24. The van der Waals surface area contributed by atoms with E-state index in [9.17, 15) is 9.59 Å². The van der Waals surface area contributed by atoms with Crippen molar-refractivity contribution in [1.82, 2.24) is 5.32 Å². The zero-order valence-corrected chi connectivity index (χ0v) is 16.6. The third-order valence-electron chi connectivity index (χ3n) is 4.89. The molecule has 4 heteroatoms. The molecule has 0 bridgehead atoms. The molecule has 4 nitrogen and oxygen atoms in total. The van der Waals surface area contributed by atoms with Crippen LogP contribution in [-0.2, 0) is 16.0 Å². The smallest absolute Gasteiger partial charge is 0.243 e. The number of hydrogen-bond donors (Lipinski definition) is 2. The number of benzene rings is 3. The van der Waals surface area contributed by atoms with Crippen molar-refractivity contribution in [3.8, 4) is 0 Å². The van der Waals surface area contributed by atoms with Gasteiger partial charge in [0, 0.05) is 18.0 Å². The topological polar surface area (TPSA) is 58.2 Å². The van der Waals surface area contributed by atoms with Crippen LogP contribution in [0, 0.1) is 0 Å². The highest BCUT2D eigenvalue weighted by Gasteiger charge is 2.18. The number of rotatable bonds is 8. The summed E-state index contributed by atoms with van der Waals surface area (Å²) in [6, 6.07) is 27.6. The summed E-state index contributed by atoms with van der Waals surface area (Å²) in [7, 11) is 0. The van der Waals surface area contributed by atoms with Gasteiger partial charge in [0.15, 0.2) is 0 Å². The number of hydrogen-bond acceptors (Lipinski definition) is 2. The van der Waals surface area contributed by atoms with Crippen molar-refractivity contribution >= 4 is 17.5 Å². The molecule has 2 amide bonds. The molecule has 148 valence electrons. The number of nitrogens with one attached hydrogen (secondary N) is 2. The molecule has 3 rings (SSSR count). The summed E-state index contributed by atoms with van der Waals surface area (Å²) >= 11 is 0. The lowest BCUT2D eigenvalue weighted by molar-refractivity contribution is -0.124. The molecule has 2 N–H and O–H groups in total. The Morgan fingerprint density at radius 3 is 1.83 bits per heavy atom. The van der Waals surface area contributed by atoms with Crippen LogP contribution in [0.1, 0.15) is 36.0 Å². The van der Waals surface area contributed by atoms with E-state index in [2.05, 4.69) is 17.6 Å². The van der Waals surface area contributed by atoms with Gasteiger partial charge in [-0.3, -0.25) is 9.59 Å². The Bertz CT molecular complexity index is 883. The Morgan fingerprint density at radius 1 is 0.759 bits per heavy atom. The molecule has 0 atom stereocenters. The first-order valence-corrected chi connectivity index (χ1v) is 9.91. The van der Waals surface area contributed by atoms with Crippen molar-refractivity contribution in [3.05, 3.63) is 102 Å². The minimum absolute atomic E-state index is 0.0509. The van der Waals surface area contributed by atoms with E-state index >= 15 is 0 Å². The largest absolute Gasteiger partial charge is 0.347 e. The van der Waals surface area contributed by atoms with Gasteiger partial charge in [-0.05, 0) is 35.2 Å². The van der Waals surface area contributed by atoms with E-state index in [1.807, 2.05) is 84.9 Å². The van der Waals surface area contributed by atoms with Crippen molar-refractivity contribution in [3.63, 3.8) is 0 Å². The fourth-order valence-electron chi connectivity index (χ4n) is 3.26. The van der Waals surface area contributed by atoms with E-state index in [1.165, 1.54) is 5.56 Å². The molecule has 0 spiro atoms. The summed E-state index contributed by atoms with van der Waals surface area (Å²) in [5, 5.41) is 5.56. The first-order valence-electron chi connectivity index (χ1n) is 9.91. The number of carbonyl (C=O) groups is 2. The third kappa shape index (κ3) is 6.04. The van der Waals surface area contributed by atoms with E-state index in [4.69, 9.17) is 0 Å². The van der Waals surface area contributed by atoms with Crippen LogP contribution in [0.2, 0.25) is 0 Å². The molecule has 0 unspecified atom stereocenters. The molecule has 0 radical (unpaired) electrons. The van der Waals surface area contributed by atoms with Gasteiger partial charge in [0.1, 0.15) is 0 Å². The SMILES string of the molecule is CCc1ccc(NC(=O)CNC(=O)CC(c2ccccc2)c2ccccc2)cc1. The van der Waals surface area contributed by atoms with Gasteiger partial charge in [-0.15, -0.1) is 0 Å². The predicted octanol–water partition coefficient (Wildman–Crippen LogP) is 4.53. The van der Waals surface area contributed by atoms with Gasteiger partial charge in [0.25, 0.3) is 0 Å². The maximum Gasteiger partial charge on any atom is 0.243 e. The van der Waals surface area contributed by atoms with Gasteiger partial charge in [-0.25, -0.2) is 0 Å². The molecule has 0 saturated carbocycles. The minimum Gasteiger partial charge on any atom is -0.347 e. The Kier molecular flexibility index (Phi) is 7.17. The van der Waals surface area contributed by atoms with Crippen molar-refractivity contribution in [2.75, 3.05) is 11.9 Å². The Hall–Kier alpha value is -3.40. The van der Waals surface area contributed by atoms with Crippen LogP contribution in [0.5, 0.6) is 0 Å². The maximum atomic E-state index is 12.5. The van der Waals surface area contributed by atoms with Crippen molar-refractivity contribution in [2.24, 2.45) is 0 Å². The van der Waals surface area contributed by atoms with E-state index in [-0.39, 0.29) is 30.7 Å². The molecule has 0 aliphatic carbocycles. The molecule has 0 aliphatic heterocycles. The van der Waals surface area contributed by atoms with Crippen LogP contribution in [0.15, 0.2) is 84.9 Å². The second-order valence-electron chi connectivity index (χ2n) is 6.95. The van der Waals surface area contributed by atoms with Crippen LogP contribution >= 0.6 is 0 Å². The lowest BCUT2D eigenvalue weighted by Gasteiger charge is -2.18. The molecule has 0 heterocycles. The van der Waals surface area contributed by atoms with E-state index in [0.717, 1.165) is 23.2 Å². The molecule has 3 aromatic rings. The van der Waals surface area contributed by atoms with Crippen LogP contribution in [0.4, 0.5) is 5.69 Å². The molecule has 0 fully saturated rings. The van der Waals surface area contributed by atoms with Gasteiger partial charge in [0.05, 0.1) is 6.54 Å². The second-order valence-corrected chi connectivity index (χ2v) is 6.95. The van der Waals surface area contributed by atoms with E-state index < -0.39 is 0 Å². The Balaban J connectivity index is 1.58. The zero-order valence-electron chi connectivity index (χ0n) is 16.6. The van der Waals surface area contributed by atoms with Crippen LogP contribution < -0.4 is 10.6 Å². The van der Waals surface area contributed by atoms with Crippen molar-refractivity contribution < 1.29 is 9.59 Å². The van der Waals surface area contributed by atoms with Crippen molar-refractivity contribution in [2.45, 2.75) is 25.7 Å². The number of amides is 2. The molecular weight excluding hydrogens is 360 g/mol. The van der Waals surface area contributed by atoms with Gasteiger partial charge in [-0.1, -0.05) is 79.7 Å². The quantitative estimate of drug-likeness (QED) is 0.598. The van der Waals surface area contributed by atoms with Crippen LogP contribution in [-0.4, -0.2) is 18.4 Å². The number of aryl methyl sites for hydroxylation is 1. The Labute approximate surface area is 172 Å². The summed E-state index contributed by atoms with van der Waals surface area (Å²) in [4.78, 5) is 24.7. The fourth-order valence-corrected chi connectivity index (χ4v) is 3.26. The molecular formula is C25H26N2O2. The first kappa shape index (κ1) is 20.3. The average molecular weight is 386 g/mol. The second kappa shape index (κ2) is 10.2. The predicted molar refractivity (Wildman–Crippen MR) is 117 cm³/mol. The third-order valence-corrected chi connectivity index (χ3v) is 4.89. The Morgan fingerprint density at radius 2 is 1.31 bits per heavy atom. The summed E-state index contributed by atoms with van der Waals surface area (Å²) < 4.78 is 0. The lowest BCUT2D eigenvalue weighted by atomic mass is 9.88. The van der Waals surface area contributed by atoms with Gasteiger partial charge in [0.2, 0.25) is 11.8 Å².